The second-order valence-corrected chi connectivity index (χ2v) is 8.25. The number of Topliss-reactive ketones (excluding diaryl/α,β-unsaturated/α-hetero) is 1. The van der Waals surface area contributed by atoms with Crippen molar-refractivity contribution in [3.05, 3.63) is 11.6 Å². The molecule has 5 N–H and O–H groups in total. The number of rotatable bonds is 15. The Morgan fingerprint density at radius 3 is 1.93 bits per heavy atom. The van der Waals surface area contributed by atoms with Gasteiger partial charge in [-0.2, -0.15) is 0 Å². The monoisotopic (exact) mass is 402 g/mol. The van der Waals surface area contributed by atoms with Crippen molar-refractivity contribution in [3.63, 3.8) is 0 Å². The molecule has 164 valence electrons. The van der Waals surface area contributed by atoms with E-state index < -0.39 is 36.2 Å². The molecule has 0 bridgehead atoms. The first kappa shape index (κ1) is 26.7. The van der Waals surface area contributed by atoms with E-state index in [9.17, 15) is 30.0 Å². The summed E-state index contributed by atoms with van der Waals surface area (Å²) in [5.41, 5.74) is 0.996. The zero-order chi connectivity index (χ0) is 21.9. The summed E-state index contributed by atoms with van der Waals surface area (Å²) in [5.74, 6) is -1.10. The van der Waals surface area contributed by atoms with Crippen LogP contribution >= 0.6 is 0 Å². The van der Waals surface area contributed by atoms with Gasteiger partial charge in [0.2, 0.25) is 0 Å². The topological polar surface area (TPSA) is 135 Å². The van der Waals surface area contributed by atoms with Crippen molar-refractivity contribution in [2.24, 2.45) is 11.8 Å². The Hall–Kier alpha value is -1.28. The SMILES string of the molecule is CC(=CCC(=O)C(O)[C@H](O)[C@@H](O)[C@H](O)C(=O)O)CCCC(C)CCCC(C)C. The van der Waals surface area contributed by atoms with Crippen molar-refractivity contribution in [2.75, 3.05) is 0 Å². The van der Waals surface area contributed by atoms with Gasteiger partial charge in [-0.3, -0.25) is 4.79 Å². The minimum absolute atomic E-state index is 0.135. The summed E-state index contributed by atoms with van der Waals surface area (Å²) < 4.78 is 0. The molecule has 0 aliphatic heterocycles. The van der Waals surface area contributed by atoms with Crippen LogP contribution in [0, 0.1) is 11.8 Å². The van der Waals surface area contributed by atoms with Gasteiger partial charge in [0.1, 0.15) is 18.3 Å². The van der Waals surface area contributed by atoms with E-state index in [1.54, 1.807) is 6.08 Å². The molecule has 0 amide bonds. The van der Waals surface area contributed by atoms with Crippen LogP contribution in [-0.4, -0.2) is 61.7 Å². The highest BCUT2D eigenvalue weighted by Crippen LogP contribution is 2.19. The van der Waals surface area contributed by atoms with E-state index in [1.807, 2.05) is 6.92 Å². The maximum absolute atomic E-state index is 11.9. The number of carbonyl (C=O) groups excluding carboxylic acids is 1. The number of aliphatic hydroxyl groups is 4. The van der Waals surface area contributed by atoms with Crippen LogP contribution in [0.4, 0.5) is 0 Å². The van der Waals surface area contributed by atoms with E-state index in [2.05, 4.69) is 20.8 Å². The lowest BCUT2D eigenvalue weighted by molar-refractivity contribution is -0.165. The van der Waals surface area contributed by atoms with Gasteiger partial charge in [0.25, 0.3) is 0 Å². The lowest BCUT2D eigenvalue weighted by Crippen LogP contribution is -2.49. The minimum atomic E-state index is -2.28. The molecule has 0 aliphatic carbocycles. The molecule has 0 aromatic rings. The van der Waals surface area contributed by atoms with Gasteiger partial charge in [-0.1, -0.05) is 58.1 Å². The number of carbonyl (C=O) groups is 2. The normalized spacial score (nSPS) is 17.8. The highest BCUT2D eigenvalue weighted by Gasteiger charge is 2.36. The molecule has 7 nitrogen and oxygen atoms in total. The first-order chi connectivity index (χ1) is 13.0. The van der Waals surface area contributed by atoms with Crippen molar-refractivity contribution < 1.29 is 35.1 Å². The number of ketones is 1. The fourth-order valence-corrected chi connectivity index (χ4v) is 2.96. The molecule has 5 atom stereocenters. The van der Waals surface area contributed by atoms with Gasteiger partial charge < -0.3 is 25.5 Å². The molecule has 0 aliphatic rings. The average molecular weight is 403 g/mol. The molecule has 7 heteroatoms. The van der Waals surface area contributed by atoms with Gasteiger partial charge in [-0.15, -0.1) is 0 Å². The van der Waals surface area contributed by atoms with Crippen LogP contribution in [0.15, 0.2) is 11.6 Å². The predicted octanol–water partition coefficient (Wildman–Crippen LogP) is 2.05. The summed E-state index contributed by atoms with van der Waals surface area (Å²) in [6.45, 7) is 8.59. The Morgan fingerprint density at radius 1 is 0.857 bits per heavy atom. The van der Waals surface area contributed by atoms with Crippen LogP contribution in [0.1, 0.15) is 72.6 Å². The number of hydrogen-bond acceptors (Lipinski definition) is 6. The number of carboxylic acid groups (broad SMARTS) is 1. The Bertz CT molecular complexity index is 501. The highest BCUT2D eigenvalue weighted by molar-refractivity contribution is 5.85. The van der Waals surface area contributed by atoms with E-state index in [-0.39, 0.29) is 6.42 Å². The number of allylic oxidation sites excluding steroid dienone is 2. The first-order valence-corrected chi connectivity index (χ1v) is 10.1. The fraction of sp³-hybridized carbons (Fsp3) is 0.810. The Labute approximate surface area is 168 Å². The van der Waals surface area contributed by atoms with Crippen molar-refractivity contribution >= 4 is 11.8 Å². The zero-order valence-corrected chi connectivity index (χ0v) is 17.5. The summed E-state index contributed by atoms with van der Waals surface area (Å²) in [7, 11) is 0. The lowest BCUT2D eigenvalue weighted by Gasteiger charge is -2.23. The Balaban J connectivity index is 4.29. The number of carboxylic acids is 1. The lowest BCUT2D eigenvalue weighted by atomic mass is 9.94. The molecule has 0 rings (SSSR count). The van der Waals surface area contributed by atoms with Crippen molar-refractivity contribution in [1.82, 2.24) is 0 Å². The molecule has 0 aromatic heterocycles. The smallest absolute Gasteiger partial charge is 0.335 e. The molecular weight excluding hydrogens is 364 g/mol. The third-order valence-corrected chi connectivity index (χ3v) is 4.98. The van der Waals surface area contributed by atoms with E-state index >= 15 is 0 Å². The van der Waals surface area contributed by atoms with Crippen LogP contribution in [0.5, 0.6) is 0 Å². The Morgan fingerprint density at radius 2 is 1.39 bits per heavy atom. The molecule has 28 heavy (non-hydrogen) atoms. The zero-order valence-electron chi connectivity index (χ0n) is 17.5. The van der Waals surface area contributed by atoms with Crippen molar-refractivity contribution in [1.29, 1.82) is 0 Å². The van der Waals surface area contributed by atoms with E-state index in [4.69, 9.17) is 5.11 Å². The minimum Gasteiger partial charge on any atom is -0.479 e. The number of hydrogen-bond donors (Lipinski definition) is 5. The molecule has 2 unspecified atom stereocenters. The summed E-state index contributed by atoms with van der Waals surface area (Å²) in [4.78, 5) is 22.5. The molecule has 0 aromatic carbocycles. The third kappa shape index (κ3) is 10.9. The van der Waals surface area contributed by atoms with Gasteiger partial charge in [0, 0.05) is 6.42 Å². The molecule has 0 saturated heterocycles. The van der Waals surface area contributed by atoms with Crippen LogP contribution in [0.25, 0.3) is 0 Å². The summed E-state index contributed by atoms with van der Waals surface area (Å²) in [5, 5.41) is 46.8. The highest BCUT2D eigenvalue weighted by atomic mass is 16.4. The average Bonchev–Trinajstić information content (AvgIpc) is 2.63. The first-order valence-electron chi connectivity index (χ1n) is 10.1. The molecule has 0 spiro atoms. The summed E-state index contributed by atoms with van der Waals surface area (Å²) >= 11 is 0. The maximum Gasteiger partial charge on any atom is 0.335 e. The van der Waals surface area contributed by atoms with Crippen LogP contribution in [-0.2, 0) is 9.59 Å². The van der Waals surface area contributed by atoms with E-state index in [1.165, 1.54) is 19.3 Å². The van der Waals surface area contributed by atoms with Gasteiger partial charge in [0.15, 0.2) is 11.9 Å². The van der Waals surface area contributed by atoms with Crippen LogP contribution < -0.4 is 0 Å². The van der Waals surface area contributed by atoms with Gasteiger partial charge in [0.05, 0.1) is 0 Å². The Kier molecular flexibility index (Phi) is 13.2. The molecule has 0 saturated carbocycles. The predicted molar refractivity (Wildman–Crippen MR) is 107 cm³/mol. The molecule has 0 heterocycles. The number of aliphatic hydroxyl groups excluding tert-OH is 4. The fourth-order valence-electron chi connectivity index (χ4n) is 2.96. The van der Waals surface area contributed by atoms with E-state index in [0.717, 1.165) is 30.8 Å². The van der Waals surface area contributed by atoms with Gasteiger partial charge in [-0.05, 0) is 31.6 Å². The summed E-state index contributed by atoms with van der Waals surface area (Å²) in [6.07, 6.45) is -0.279. The van der Waals surface area contributed by atoms with Gasteiger partial charge >= 0.3 is 5.97 Å². The largest absolute Gasteiger partial charge is 0.479 e. The van der Waals surface area contributed by atoms with Crippen LogP contribution in [0.2, 0.25) is 0 Å². The van der Waals surface area contributed by atoms with E-state index in [0.29, 0.717) is 5.92 Å². The van der Waals surface area contributed by atoms with Crippen molar-refractivity contribution in [2.45, 2.75) is 97.1 Å². The number of aliphatic carboxylic acids is 1. The maximum atomic E-state index is 11.9. The summed E-state index contributed by atoms with van der Waals surface area (Å²) in [6, 6.07) is 0. The quantitative estimate of drug-likeness (QED) is 0.265. The molecule has 0 radical (unpaired) electrons. The second-order valence-electron chi connectivity index (χ2n) is 8.25. The second kappa shape index (κ2) is 13.8. The van der Waals surface area contributed by atoms with Crippen molar-refractivity contribution in [3.8, 4) is 0 Å². The molecule has 0 fully saturated rings. The van der Waals surface area contributed by atoms with Gasteiger partial charge in [-0.25, -0.2) is 4.79 Å². The third-order valence-electron chi connectivity index (χ3n) is 4.98. The molecular formula is C21H38O7. The van der Waals surface area contributed by atoms with Crippen LogP contribution in [0.3, 0.4) is 0 Å². The standard InChI is InChI=1S/C21H38O7/c1-13(2)7-5-8-14(3)9-6-10-15(4)11-12-16(22)17(23)18(24)19(25)20(26)21(27)28/h11,13-14,17-20,23-26H,5-10,12H2,1-4H3,(H,27,28)/t14?,17?,18-,19+,20-/m0/s1.